The normalized spacial score (nSPS) is 16.6. The molecule has 31 heavy (non-hydrogen) atoms. The summed E-state index contributed by atoms with van der Waals surface area (Å²) in [5, 5.41) is 16.9. The van der Waals surface area contributed by atoms with Gasteiger partial charge in [0.2, 0.25) is 11.8 Å². The second kappa shape index (κ2) is 8.64. The molecule has 0 aliphatic carbocycles. The van der Waals surface area contributed by atoms with E-state index in [9.17, 15) is 4.79 Å². The van der Waals surface area contributed by atoms with Gasteiger partial charge in [-0.1, -0.05) is 19.0 Å². The fourth-order valence-corrected chi connectivity index (χ4v) is 4.11. The van der Waals surface area contributed by atoms with Gasteiger partial charge < -0.3 is 13.8 Å². The lowest BCUT2D eigenvalue weighted by molar-refractivity contribution is 0.0775. The molecule has 1 atom stereocenters. The summed E-state index contributed by atoms with van der Waals surface area (Å²) in [6, 6.07) is 2.01. The van der Waals surface area contributed by atoms with E-state index in [1.54, 1.807) is 0 Å². The molecule has 4 heterocycles. The number of amides is 1. The molecule has 4 rings (SSSR count). The van der Waals surface area contributed by atoms with Crippen molar-refractivity contribution in [2.24, 2.45) is 11.8 Å². The molecule has 1 fully saturated rings. The van der Waals surface area contributed by atoms with E-state index in [1.165, 1.54) is 0 Å². The van der Waals surface area contributed by atoms with Crippen LogP contribution in [0.25, 0.3) is 0 Å². The van der Waals surface area contributed by atoms with E-state index in [0.717, 1.165) is 29.8 Å². The van der Waals surface area contributed by atoms with Crippen LogP contribution >= 0.6 is 0 Å². The molecule has 0 spiro atoms. The minimum absolute atomic E-state index is 0.0955. The smallest absolute Gasteiger partial charge is 0.276 e. The van der Waals surface area contributed by atoms with Crippen LogP contribution in [0.4, 0.5) is 0 Å². The SMILES string of the molecule is Cc1cc(C)n(Cc2c(C(=O)N3CC[C@H](Cc4nnc(CC(C)C)o4)C3)noc2C)n1. The van der Waals surface area contributed by atoms with Gasteiger partial charge in [-0.2, -0.15) is 5.10 Å². The predicted molar refractivity (Wildman–Crippen MR) is 113 cm³/mol. The number of aryl methyl sites for hydroxylation is 3. The van der Waals surface area contributed by atoms with Crippen LogP contribution in [-0.4, -0.2) is 49.0 Å². The van der Waals surface area contributed by atoms with Crippen LogP contribution < -0.4 is 0 Å². The lowest BCUT2D eigenvalue weighted by Crippen LogP contribution is -2.30. The van der Waals surface area contributed by atoms with E-state index in [-0.39, 0.29) is 5.91 Å². The summed E-state index contributed by atoms with van der Waals surface area (Å²) in [6.07, 6.45) is 2.37. The topological polar surface area (TPSA) is 103 Å². The van der Waals surface area contributed by atoms with E-state index in [4.69, 9.17) is 8.94 Å². The lowest BCUT2D eigenvalue weighted by atomic mass is 10.1. The second-order valence-corrected chi connectivity index (χ2v) is 8.95. The van der Waals surface area contributed by atoms with Crippen LogP contribution in [0.1, 0.15) is 65.2 Å². The first-order valence-corrected chi connectivity index (χ1v) is 10.9. The average molecular weight is 427 g/mol. The van der Waals surface area contributed by atoms with Gasteiger partial charge in [0.05, 0.1) is 12.2 Å². The zero-order valence-corrected chi connectivity index (χ0v) is 18.9. The monoisotopic (exact) mass is 426 g/mol. The van der Waals surface area contributed by atoms with Crippen molar-refractivity contribution in [3.05, 3.63) is 46.3 Å². The van der Waals surface area contributed by atoms with Gasteiger partial charge in [-0.25, -0.2) is 0 Å². The summed E-state index contributed by atoms with van der Waals surface area (Å²) in [5.41, 5.74) is 3.14. The van der Waals surface area contributed by atoms with Crippen LogP contribution in [0, 0.1) is 32.6 Å². The highest BCUT2D eigenvalue weighted by molar-refractivity contribution is 5.94. The third-order valence-electron chi connectivity index (χ3n) is 5.73. The van der Waals surface area contributed by atoms with E-state index in [2.05, 4.69) is 34.3 Å². The van der Waals surface area contributed by atoms with Gasteiger partial charge in [0.15, 0.2) is 5.69 Å². The summed E-state index contributed by atoms with van der Waals surface area (Å²) in [5.74, 6) is 2.66. The zero-order chi connectivity index (χ0) is 22.1. The summed E-state index contributed by atoms with van der Waals surface area (Å²) >= 11 is 0. The molecule has 0 saturated carbocycles. The molecule has 1 amide bonds. The van der Waals surface area contributed by atoms with Crippen molar-refractivity contribution in [3.8, 4) is 0 Å². The first-order valence-electron chi connectivity index (χ1n) is 10.9. The van der Waals surface area contributed by atoms with Gasteiger partial charge in [0.1, 0.15) is 5.76 Å². The van der Waals surface area contributed by atoms with Gasteiger partial charge in [0, 0.05) is 37.2 Å². The van der Waals surface area contributed by atoms with Crippen molar-refractivity contribution in [1.29, 1.82) is 0 Å². The van der Waals surface area contributed by atoms with Crippen molar-refractivity contribution in [3.63, 3.8) is 0 Å². The highest BCUT2D eigenvalue weighted by Crippen LogP contribution is 2.25. The van der Waals surface area contributed by atoms with E-state index >= 15 is 0 Å². The predicted octanol–water partition coefficient (Wildman–Crippen LogP) is 3.13. The van der Waals surface area contributed by atoms with Crippen molar-refractivity contribution in [2.75, 3.05) is 13.1 Å². The highest BCUT2D eigenvalue weighted by atomic mass is 16.5. The number of hydrogen-bond acceptors (Lipinski definition) is 7. The highest BCUT2D eigenvalue weighted by Gasteiger charge is 2.32. The quantitative estimate of drug-likeness (QED) is 0.572. The van der Waals surface area contributed by atoms with Crippen molar-refractivity contribution >= 4 is 5.91 Å². The Morgan fingerprint density at radius 1 is 1.23 bits per heavy atom. The molecule has 0 aromatic carbocycles. The minimum atomic E-state index is -0.0955. The molecule has 3 aromatic rings. The van der Waals surface area contributed by atoms with E-state index < -0.39 is 0 Å². The summed E-state index contributed by atoms with van der Waals surface area (Å²) in [7, 11) is 0. The van der Waals surface area contributed by atoms with Gasteiger partial charge in [-0.15, -0.1) is 10.2 Å². The molecule has 166 valence electrons. The second-order valence-electron chi connectivity index (χ2n) is 8.95. The van der Waals surface area contributed by atoms with Crippen LogP contribution in [0.2, 0.25) is 0 Å². The Morgan fingerprint density at radius 2 is 2.00 bits per heavy atom. The maximum atomic E-state index is 13.2. The minimum Gasteiger partial charge on any atom is -0.425 e. The first-order chi connectivity index (χ1) is 14.8. The summed E-state index contributed by atoms with van der Waals surface area (Å²) < 4.78 is 13.0. The fourth-order valence-electron chi connectivity index (χ4n) is 4.11. The molecule has 1 aliphatic heterocycles. The van der Waals surface area contributed by atoms with Crippen LogP contribution in [0.15, 0.2) is 15.0 Å². The van der Waals surface area contributed by atoms with Gasteiger partial charge in [-0.3, -0.25) is 9.48 Å². The molecule has 1 saturated heterocycles. The Morgan fingerprint density at radius 3 is 2.71 bits per heavy atom. The number of aromatic nitrogens is 5. The molecule has 1 aliphatic rings. The van der Waals surface area contributed by atoms with Gasteiger partial charge in [0.25, 0.3) is 5.91 Å². The number of nitrogens with zero attached hydrogens (tertiary/aromatic N) is 6. The molecule has 0 unspecified atom stereocenters. The third-order valence-corrected chi connectivity index (χ3v) is 5.73. The van der Waals surface area contributed by atoms with Gasteiger partial charge >= 0.3 is 0 Å². The van der Waals surface area contributed by atoms with Gasteiger partial charge in [-0.05, 0) is 45.1 Å². The number of hydrogen-bond donors (Lipinski definition) is 0. The molecule has 0 N–H and O–H groups in total. The van der Waals surface area contributed by atoms with E-state index in [1.807, 2.05) is 36.4 Å². The van der Waals surface area contributed by atoms with Crippen molar-refractivity contribution in [2.45, 2.75) is 60.4 Å². The van der Waals surface area contributed by atoms with Crippen LogP contribution in [0.3, 0.4) is 0 Å². The standard InChI is InChI=1S/C22H30N6O3/c1-13(2)8-19-23-24-20(30-19)10-17-6-7-27(11-17)22(29)21-18(16(5)31-26-21)12-28-15(4)9-14(3)25-28/h9,13,17H,6-8,10-12H2,1-5H3/t17-/m1/s1. The molecule has 9 heteroatoms. The third kappa shape index (κ3) is 4.70. The molecular weight excluding hydrogens is 396 g/mol. The number of rotatable bonds is 7. The van der Waals surface area contributed by atoms with Crippen molar-refractivity contribution in [1.82, 2.24) is 30.0 Å². The van der Waals surface area contributed by atoms with Crippen LogP contribution in [-0.2, 0) is 19.4 Å². The Bertz CT molecular complexity index is 1060. The number of carbonyl (C=O) groups excluding carboxylic acids is 1. The lowest BCUT2D eigenvalue weighted by Gasteiger charge is -2.15. The summed E-state index contributed by atoms with van der Waals surface area (Å²) in [4.78, 5) is 15.1. The van der Waals surface area contributed by atoms with Crippen molar-refractivity contribution < 1.29 is 13.7 Å². The average Bonchev–Trinajstić information content (AvgIpc) is 3.46. The number of carbonyl (C=O) groups is 1. The molecule has 9 nitrogen and oxygen atoms in total. The molecule has 0 bridgehead atoms. The Kier molecular flexibility index (Phi) is 5.93. The summed E-state index contributed by atoms with van der Waals surface area (Å²) in [6.45, 7) is 11.8. The van der Waals surface area contributed by atoms with E-state index in [0.29, 0.717) is 61.1 Å². The maximum Gasteiger partial charge on any atom is 0.276 e. The molecular formula is C22H30N6O3. The number of likely N-dealkylation sites (tertiary alicyclic amines) is 1. The molecule has 0 radical (unpaired) electrons. The molecule has 3 aromatic heterocycles. The fraction of sp³-hybridized carbons (Fsp3) is 0.591. The Hall–Kier alpha value is -2.97. The van der Waals surface area contributed by atoms with Crippen LogP contribution in [0.5, 0.6) is 0 Å². The Labute approximate surface area is 181 Å². The Balaban J connectivity index is 1.41. The first kappa shape index (κ1) is 21.3. The largest absolute Gasteiger partial charge is 0.425 e. The zero-order valence-electron chi connectivity index (χ0n) is 18.9. The maximum absolute atomic E-state index is 13.2.